The number of anilines is 2. The van der Waals surface area contributed by atoms with Gasteiger partial charge in [0.15, 0.2) is 0 Å². The van der Waals surface area contributed by atoms with Gasteiger partial charge < -0.3 is 26.4 Å². The molecule has 4 aliphatic rings. The molecular formula is C46H59N9O7. The summed E-state index contributed by atoms with van der Waals surface area (Å²) in [6.45, 7) is 3.00. The first kappa shape index (κ1) is 44.3. The summed E-state index contributed by atoms with van der Waals surface area (Å²) >= 11 is 0. The topological polar surface area (TPSA) is 215 Å². The zero-order chi connectivity index (χ0) is 43.4. The van der Waals surface area contributed by atoms with Crippen LogP contribution in [0.1, 0.15) is 132 Å². The van der Waals surface area contributed by atoms with E-state index in [-0.39, 0.29) is 60.1 Å². The molecule has 3 aliphatic heterocycles. The van der Waals surface area contributed by atoms with Crippen LogP contribution in [0, 0.1) is 0 Å². The van der Waals surface area contributed by atoms with Crippen LogP contribution in [0.4, 0.5) is 11.5 Å². The number of rotatable bonds is 20. The fourth-order valence-corrected chi connectivity index (χ4v) is 8.93. The summed E-state index contributed by atoms with van der Waals surface area (Å²) in [7, 11) is 0. The highest BCUT2D eigenvalue weighted by atomic mass is 16.3. The van der Waals surface area contributed by atoms with Crippen molar-refractivity contribution < 1.29 is 33.9 Å². The van der Waals surface area contributed by atoms with Crippen molar-refractivity contribution in [1.82, 2.24) is 35.7 Å². The van der Waals surface area contributed by atoms with Gasteiger partial charge in [-0.15, -0.1) is 0 Å². The van der Waals surface area contributed by atoms with Crippen LogP contribution in [0.25, 0.3) is 0 Å². The maximum Gasteiger partial charge on any atom is 0.270 e. The highest BCUT2D eigenvalue weighted by molar-refractivity contribution is 6.23. The molecule has 2 atom stereocenters. The molecule has 4 heterocycles. The van der Waals surface area contributed by atoms with Crippen molar-refractivity contribution in [3.63, 3.8) is 0 Å². The predicted octanol–water partition coefficient (Wildman–Crippen LogP) is 4.10. The first-order valence-electron chi connectivity index (χ1n) is 22.3. The monoisotopic (exact) mass is 849 g/mol. The van der Waals surface area contributed by atoms with Gasteiger partial charge in [0, 0.05) is 69.4 Å². The van der Waals surface area contributed by atoms with Crippen LogP contribution < -0.4 is 26.6 Å². The van der Waals surface area contributed by atoms with Crippen molar-refractivity contribution in [2.75, 3.05) is 36.8 Å². The number of hydrogen-bond acceptors (Lipinski definition) is 12. The predicted molar refractivity (Wildman–Crippen MR) is 232 cm³/mol. The molecule has 2 fully saturated rings. The lowest BCUT2D eigenvalue weighted by molar-refractivity contribution is -0.136. The number of amides is 6. The molecule has 62 heavy (non-hydrogen) atoms. The van der Waals surface area contributed by atoms with Gasteiger partial charge in [0.25, 0.3) is 17.7 Å². The molecule has 1 saturated heterocycles. The molecule has 1 aliphatic carbocycles. The summed E-state index contributed by atoms with van der Waals surface area (Å²) in [6, 6.07) is 14.4. The molecule has 330 valence electrons. The lowest BCUT2D eigenvalue weighted by atomic mass is 9.91. The van der Waals surface area contributed by atoms with Gasteiger partial charge in [0.2, 0.25) is 17.7 Å². The van der Waals surface area contributed by atoms with Gasteiger partial charge >= 0.3 is 0 Å². The Kier molecular flexibility index (Phi) is 15.3. The third-order valence-corrected chi connectivity index (χ3v) is 12.4. The van der Waals surface area contributed by atoms with Crippen molar-refractivity contribution in [2.24, 2.45) is 0 Å². The van der Waals surface area contributed by atoms with E-state index in [1.54, 1.807) is 24.3 Å². The van der Waals surface area contributed by atoms with E-state index in [9.17, 15) is 33.9 Å². The smallest absolute Gasteiger partial charge is 0.270 e. The van der Waals surface area contributed by atoms with Crippen molar-refractivity contribution >= 4 is 46.9 Å². The second-order valence-corrected chi connectivity index (χ2v) is 17.0. The summed E-state index contributed by atoms with van der Waals surface area (Å²) in [6.07, 6.45) is 13.0. The number of aromatic nitrogens is 2. The van der Waals surface area contributed by atoms with Crippen molar-refractivity contribution in [3.8, 4) is 0 Å². The van der Waals surface area contributed by atoms with Gasteiger partial charge in [-0.1, -0.05) is 56.4 Å². The standard InChI is InChI=1S/C46H59N9O7/c56-35(28-54-23-21-30-10-7-8-11-31(30)27-54)26-48-43(59)38-25-40(50-29-49-38)51-32-13-15-33(16-14-32)52-41(57)12-6-4-2-1-3-5-9-22-47-34-17-18-36-37(24-34)46(62)55(45(36)61)39-19-20-42(58)53-44(39)60/h7-8,10-11,17-18,24-25,29,32-33,35,39,47,56H,1-6,9,12-16,19-23,26-28H2,(H,48,59)(H,52,57)(H,49,50,51)(H,53,58,60)/t32?,33?,35-,39?/m0/s1. The summed E-state index contributed by atoms with van der Waals surface area (Å²) < 4.78 is 0. The van der Waals surface area contributed by atoms with Gasteiger partial charge in [-0.05, 0) is 80.7 Å². The lowest BCUT2D eigenvalue weighted by Gasteiger charge is -2.30. The van der Waals surface area contributed by atoms with Gasteiger partial charge in [-0.2, -0.15) is 0 Å². The van der Waals surface area contributed by atoms with Gasteiger partial charge in [0.05, 0.1) is 17.2 Å². The normalized spacial score (nSPS) is 20.5. The molecule has 7 rings (SSSR count). The number of carbonyl (C=O) groups excluding carboxylic acids is 6. The number of piperidine rings is 1. The SMILES string of the molecule is O=C1CCC(N2C(=O)c3ccc(NCCCCCCCCCC(=O)NC4CCC(Nc5cc(C(=O)NC[C@H](O)CN6CCc7ccccc7C6)ncn5)CC4)cc3C2=O)C(=O)N1. The second kappa shape index (κ2) is 21.4. The van der Waals surface area contributed by atoms with Crippen molar-refractivity contribution in [3.05, 3.63) is 82.8 Å². The second-order valence-electron chi connectivity index (χ2n) is 17.0. The number of unbranched alkanes of at least 4 members (excludes halogenated alkanes) is 6. The molecule has 16 heteroatoms. The summed E-state index contributed by atoms with van der Waals surface area (Å²) in [5, 5.41) is 25.6. The molecule has 1 aromatic heterocycles. The minimum atomic E-state index is -0.977. The van der Waals surface area contributed by atoms with Crippen molar-refractivity contribution in [1.29, 1.82) is 0 Å². The number of nitrogens with zero attached hydrogens (tertiary/aromatic N) is 4. The lowest BCUT2D eigenvalue weighted by Crippen LogP contribution is -2.54. The Morgan fingerprint density at radius 3 is 2.32 bits per heavy atom. The molecule has 0 radical (unpaired) electrons. The largest absolute Gasteiger partial charge is 0.390 e. The van der Waals surface area contributed by atoms with E-state index in [2.05, 4.69) is 59.7 Å². The fourth-order valence-electron chi connectivity index (χ4n) is 8.93. The van der Waals surface area contributed by atoms with Crippen LogP contribution in [0.5, 0.6) is 0 Å². The van der Waals surface area contributed by atoms with Crippen molar-refractivity contribution in [2.45, 2.75) is 127 Å². The van der Waals surface area contributed by atoms with Gasteiger partial charge in [-0.25, -0.2) is 9.97 Å². The first-order valence-corrected chi connectivity index (χ1v) is 22.3. The van der Waals surface area contributed by atoms with Crippen LogP contribution in [0.3, 0.4) is 0 Å². The molecule has 1 unspecified atom stereocenters. The van der Waals surface area contributed by atoms with Crippen LogP contribution in [-0.2, 0) is 27.3 Å². The number of carbonyl (C=O) groups is 6. The zero-order valence-electron chi connectivity index (χ0n) is 35.3. The average Bonchev–Trinajstić information content (AvgIpc) is 3.51. The summed E-state index contributed by atoms with van der Waals surface area (Å²) in [4.78, 5) is 87.0. The Morgan fingerprint density at radius 2 is 1.53 bits per heavy atom. The molecule has 6 N–H and O–H groups in total. The molecule has 0 spiro atoms. The molecular weight excluding hydrogens is 791 g/mol. The maximum atomic E-state index is 13.1. The highest BCUT2D eigenvalue weighted by Crippen LogP contribution is 2.30. The minimum Gasteiger partial charge on any atom is -0.390 e. The molecule has 3 aromatic rings. The van der Waals surface area contributed by atoms with E-state index in [1.165, 1.54) is 17.5 Å². The fraction of sp³-hybridized carbons (Fsp3) is 0.522. The van der Waals surface area contributed by atoms with Crippen LogP contribution in [-0.4, -0.2) is 111 Å². The van der Waals surface area contributed by atoms with Crippen LogP contribution >= 0.6 is 0 Å². The quantitative estimate of drug-likeness (QED) is 0.0701. The minimum absolute atomic E-state index is 0.0849. The number of nitrogens with one attached hydrogen (secondary N) is 5. The Balaban J connectivity index is 0.699. The number of hydrogen-bond donors (Lipinski definition) is 6. The number of imide groups is 2. The molecule has 16 nitrogen and oxygen atoms in total. The Morgan fingerprint density at radius 1 is 0.806 bits per heavy atom. The van der Waals surface area contributed by atoms with E-state index in [4.69, 9.17) is 0 Å². The Hall–Kier alpha value is -5.74. The Bertz CT molecular complexity index is 2110. The summed E-state index contributed by atoms with van der Waals surface area (Å²) in [5.41, 5.74) is 4.15. The molecule has 1 saturated carbocycles. The van der Waals surface area contributed by atoms with Gasteiger partial charge in [-0.3, -0.25) is 43.9 Å². The third kappa shape index (κ3) is 11.8. The average molecular weight is 850 g/mol. The molecule has 2 aromatic carbocycles. The highest BCUT2D eigenvalue weighted by Gasteiger charge is 2.44. The molecule has 6 amide bonds. The maximum absolute atomic E-state index is 13.1. The van der Waals surface area contributed by atoms with E-state index in [0.29, 0.717) is 18.8 Å². The third-order valence-electron chi connectivity index (χ3n) is 12.4. The van der Waals surface area contributed by atoms with Crippen LogP contribution in [0.15, 0.2) is 54.9 Å². The van der Waals surface area contributed by atoms with Crippen LogP contribution in [0.2, 0.25) is 0 Å². The number of aliphatic hydroxyl groups is 1. The number of β-amino-alcohol motifs (C(OH)–C–C–N with tert-alkyl or cyclic N) is 1. The van der Waals surface area contributed by atoms with E-state index in [1.807, 2.05) is 6.07 Å². The van der Waals surface area contributed by atoms with Gasteiger partial charge in [0.1, 0.15) is 23.9 Å². The number of fused-ring (bicyclic) bond motifs is 2. The number of benzene rings is 2. The van der Waals surface area contributed by atoms with E-state index < -0.39 is 35.8 Å². The van der Waals surface area contributed by atoms with E-state index >= 15 is 0 Å². The first-order chi connectivity index (χ1) is 30.1. The zero-order valence-corrected chi connectivity index (χ0v) is 35.3. The van der Waals surface area contributed by atoms with E-state index in [0.717, 1.165) is 107 Å². The molecule has 0 bridgehead atoms. The number of aliphatic hydroxyl groups excluding tert-OH is 1. The summed E-state index contributed by atoms with van der Waals surface area (Å²) in [5.74, 6) is -1.71. The Labute approximate surface area is 362 Å².